The van der Waals surface area contributed by atoms with Crippen LogP contribution >= 0.6 is 27.7 Å². The number of hydrogen-bond acceptors (Lipinski definition) is 1. The van der Waals surface area contributed by atoms with E-state index < -0.39 is 0 Å². The second kappa shape index (κ2) is 11.7. The molecule has 0 atom stereocenters. The molecule has 0 unspecified atom stereocenters. The quantitative estimate of drug-likeness (QED) is 0.233. The zero-order chi connectivity index (χ0) is 14.6. The van der Waals surface area contributed by atoms with Crippen LogP contribution in [0.1, 0.15) is 70.3 Å². The number of alkyl halides is 1. The predicted molar refractivity (Wildman–Crippen MR) is 97.4 cm³/mol. The fraction of sp³-hybridized carbons (Fsp3) is 0.667. The van der Waals surface area contributed by atoms with Gasteiger partial charge in [0.05, 0.1) is 0 Å². The predicted octanol–water partition coefficient (Wildman–Crippen LogP) is 7.03. The van der Waals surface area contributed by atoms with Crippen LogP contribution in [-0.2, 0) is 0 Å². The van der Waals surface area contributed by atoms with E-state index in [-0.39, 0.29) is 0 Å². The lowest BCUT2D eigenvalue weighted by molar-refractivity contribution is 0.606. The monoisotopic (exact) mass is 356 g/mol. The molecule has 0 nitrogen and oxygen atoms in total. The van der Waals surface area contributed by atoms with Crippen molar-refractivity contribution in [3.05, 3.63) is 29.8 Å². The molecular formula is C18H29BrS. The fourth-order valence-corrected chi connectivity index (χ4v) is 3.53. The molecule has 0 heterocycles. The van der Waals surface area contributed by atoms with Gasteiger partial charge in [0.15, 0.2) is 0 Å². The average molecular weight is 357 g/mol. The first-order valence-corrected chi connectivity index (χ1v) is 10.1. The zero-order valence-corrected chi connectivity index (χ0v) is 15.4. The highest BCUT2D eigenvalue weighted by molar-refractivity contribution is 9.09. The molecule has 0 saturated heterocycles. The van der Waals surface area contributed by atoms with Gasteiger partial charge in [-0.05, 0) is 42.2 Å². The van der Waals surface area contributed by atoms with Crippen molar-refractivity contribution in [2.45, 2.75) is 69.6 Å². The maximum absolute atomic E-state index is 3.48. The molecule has 0 aromatic heterocycles. The van der Waals surface area contributed by atoms with E-state index in [4.69, 9.17) is 0 Å². The van der Waals surface area contributed by atoms with Crippen molar-refractivity contribution < 1.29 is 0 Å². The molecule has 1 rings (SSSR count). The van der Waals surface area contributed by atoms with Crippen LogP contribution in [0.3, 0.4) is 0 Å². The Labute approximate surface area is 138 Å². The normalized spacial score (nSPS) is 11.2. The molecular weight excluding hydrogens is 328 g/mol. The fourth-order valence-electron chi connectivity index (χ4n) is 2.22. The van der Waals surface area contributed by atoms with Crippen molar-refractivity contribution in [3.63, 3.8) is 0 Å². The van der Waals surface area contributed by atoms with E-state index in [1.54, 1.807) is 0 Å². The topological polar surface area (TPSA) is 0 Å². The van der Waals surface area contributed by atoms with E-state index in [0.29, 0.717) is 5.92 Å². The summed E-state index contributed by atoms with van der Waals surface area (Å²) in [6.45, 7) is 4.50. The minimum Gasteiger partial charge on any atom is -0.126 e. The Morgan fingerprint density at radius 1 is 0.850 bits per heavy atom. The van der Waals surface area contributed by atoms with Gasteiger partial charge in [-0.25, -0.2) is 0 Å². The van der Waals surface area contributed by atoms with E-state index >= 15 is 0 Å². The molecule has 0 spiro atoms. The van der Waals surface area contributed by atoms with Crippen LogP contribution in [0.4, 0.5) is 0 Å². The van der Waals surface area contributed by atoms with Crippen molar-refractivity contribution in [2.75, 3.05) is 11.1 Å². The van der Waals surface area contributed by atoms with Gasteiger partial charge in [-0.3, -0.25) is 0 Å². The second-order valence-electron chi connectivity index (χ2n) is 5.74. The van der Waals surface area contributed by atoms with Crippen LogP contribution in [0.15, 0.2) is 29.2 Å². The first-order chi connectivity index (χ1) is 9.74. The smallest absolute Gasteiger partial charge is 0.00721 e. The largest absolute Gasteiger partial charge is 0.126 e. The molecule has 1 aromatic rings. The van der Waals surface area contributed by atoms with Crippen LogP contribution in [0.25, 0.3) is 0 Å². The number of benzene rings is 1. The molecule has 0 amide bonds. The third-order valence-electron chi connectivity index (χ3n) is 3.59. The van der Waals surface area contributed by atoms with Crippen LogP contribution in [0.2, 0.25) is 0 Å². The molecule has 0 radical (unpaired) electrons. The summed E-state index contributed by atoms with van der Waals surface area (Å²) < 4.78 is 0. The van der Waals surface area contributed by atoms with Gasteiger partial charge >= 0.3 is 0 Å². The summed E-state index contributed by atoms with van der Waals surface area (Å²) in [6.07, 6.45) is 9.72. The standard InChI is InChI=1S/C18H29BrS/c1-16(2)17-10-12-18(13-11-17)20-15-9-7-5-3-4-6-8-14-19/h10-13,16H,3-9,14-15H2,1-2H3. The van der Waals surface area contributed by atoms with Gasteiger partial charge < -0.3 is 0 Å². The van der Waals surface area contributed by atoms with Gasteiger partial charge in [0.25, 0.3) is 0 Å². The van der Waals surface area contributed by atoms with E-state index in [1.165, 1.54) is 66.5 Å². The molecule has 0 aliphatic carbocycles. The van der Waals surface area contributed by atoms with Crippen molar-refractivity contribution in [2.24, 2.45) is 0 Å². The summed E-state index contributed by atoms with van der Waals surface area (Å²) in [5, 5.41) is 1.17. The summed E-state index contributed by atoms with van der Waals surface area (Å²) >= 11 is 5.49. The van der Waals surface area contributed by atoms with E-state index in [1.807, 2.05) is 11.8 Å². The van der Waals surface area contributed by atoms with Gasteiger partial charge in [-0.15, -0.1) is 11.8 Å². The molecule has 0 aliphatic rings. The number of halogens is 1. The Bertz CT molecular complexity index is 332. The first-order valence-electron chi connectivity index (χ1n) is 8.02. The number of thioether (sulfide) groups is 1. The second-order valence-corrected chi connectivity index (χ2v) is 7.70. The van der Waals surface area contributed by atoms with E-state index in [2.05, 4.69) is 54.0 Å². The van der Waals surface area contributed by atoms with Crippen LogP contribution < -0.4 is 0 Å². The van der Waals surface area contributed by atoms with E-state index in [0.717, 1.165) is 0 Å². The van der Waals surface area contributed by atoms with Gasteiger partial charge in [-0.2, -0.15) is 0 Å². The molecule has 0 saturated carbocycles. The molecule has 0 N–H and O–H groups in total. The number of rotatable bonds is 11. The SMILES string of the molecule is CC(C)c1ccc(SCCCCCCCCCBr)cc1. The minimum absolute atomic E-state index is 0.638. The lowest BCUT2D eigenvalue weighted by Crippen LogP contribution is -1.87. The summed E-state index contributed by atoms with van der Waals surface area (Å²) in [6, 6.07) is 9.11. The molecule has 2 heteroatoms. The highest BCUT2D eigenvalue weighted by Crippen LogP contribution is 2.23. The van der Waals surface area contributed by atoms with Crippen molar-refractivity contribution in [3.8, 4) is 0 Å². The summed E-state index contributed by atoms with van der Waals surface area (Å²) in [7, 11) is 0. The summed E-state index contributed by atoms with van der Waals surface area (Å²) in [4.78, 5) is 1.42. The first kappa shape index (κ1) is 18.1. The van der Waals surface area contributed by atoms with Gasteiger partial charge in [-0.1, -0.05) is 74.0 Å². The van der Waals surface area contributed by atoms with E-state index in [9.17, 15) is 0 Å². The highest BCUT2D eigenvalue weighted by atomic mass is 79.9. The van der Waals surface area contributed by atoms with Gasteiger partial charge in [0.2, 0.25) is 0 Å². The Hall–Kier alpha value is 0.0500. The summed E-state index contributed by atoms with van der Waals surface area (Å²) in [5.41, 5.74) is 1.44. The molecule has 0 bridgehead atoms. The number of unbranched alkanes of at least 4 members (excludes halogenated alkanes) is 6. The molecule has 0 aliphatic heterocycles. The Balaban J connectivity index is 2.01. The zero-order valence-electron chi connectivity index (χ0n) is 13.0. The average Bonchev–Trinajstić information content (AvgIpc) is 2.46. The van der Waals surface area contributed by atoms with Gasteiger partial charge in [0.1, 0.15) is 0 Å². The van der Waals surface area contributed by atoms with Crippen molar-refractivity contribution in [1.82, 2.24) is 0 Å². The maximum Gasteiger partial charge on any atom is 0.00721 e. The number of hydrogen-bond donors (Lipinski definition) is 0. The molecule has 1 aromatic carbocycles. The minimum atomic E-state index is 0.638. The molecule has 0 fully saturated rings. The lowest BCUT2D eigenvalue weighted by Gasteiger charge is -2.06. The lowest BCUT2D eigenvalue weighted by atomic mass is 10.0. The van der Waals surface area contributed by atoms with Crippen LogP contribution in [0.5, 0.6) is 0 Å². The molecule has 114 valence electrons. The van der Waals surface area contributed by atoms with Crippen molar-refractivity contribution >= 4 is 27.7 Å². The van der Waals surface area contributed by atoms with Crippen molar-refractivity contribution in [1.29, 1.82) is 0 Å². The van der Waals surface area contributed by atoms with Crippen LogP contribution in [0, 0.1) is 0 Å². The van der Waals surface area contributed by atoms with Crippen LogP contribution in [-0.4, -0.2) is 11.1 Å². The Morgan fingerprint density at radius 2 is 1.40 bits per heavy atom. The molecule has 20 heavy (non-hydrogen) atoms. The Kier molecular flexibility index (Phi) is 10.6. The third kappa shape index (κ3) is 8.36. The summed E-state index contributed by atoms with van der Waals surface area (Å²) in [5.74, 6) is 1.90. The maximum atomic E-state index is 3.48. The third-order valence-corrected chi connectivity index (χ3v) is 5.25. The highest BCUT2D eigenvalue weighted by Gasteiger charge is 1.99. The Morgan fingerprint density at radius 3 is 1.95 bits per heavy atom. The van der Waals surface area contributed by atoms with Gasteiger partial charge in [0, 0.05) is 10.2 Å².